The summed E-state index contributed by atoms with van der Waals surface area (Å²) in [6, 6.07) is 13.2. The zero-order valence-corrected chi connectivity index (χ0v) is 16.3. The third kappa shape index (κ3) is 3.85. The Kier molecular flexibility index (Phi) is 5.97. The fraction of sp³-hybridized carbons (Fsp3) is 0.227. The van der Waals surface area contributed by atoms with Crippen molar-refractivity contribution in [2.24, 2.45) is 0 Å². The minimum atomic E-state index is -0.795. The summed E-state index contributed by atoms with van der Waals surface area (Å²) in [5.41, 5.74) is -0.0638. The van der Waals surface area contributed by atoms with E-state index in [1.807, 2.05) is 6.92 Å². The topological polar surface area (TPSA) is 97.6 Å². The predicted molar refractivity (Wildman–Crippen MR) is 111 cm³/mol. The second-order valence-corrected chi connectivity index (χ2v) is 6.43. The highest BCUT2D eigenvalue weighted by Gasteiger charge is 2.23. The quantitative estimate of drug-likeness (QED) is 0.623. The lowest BCUT2D eigenvalue weighted by Gasteiger charge is -2.14. The summed E-state index contributed by atoms with van der Waals surface area (Å²) < 4.78 is 6.56. The van der Waals surface area contributed by atoms with Crippen LogP contribution in [0, 0.1) is 0 Å². The Morgan fingerprint density at radius 2 is 1.76 bits per heavy atom. The molecule has 0 aliphatic heterocycles. The van der Waals surface area contributed by atoms with Gasteiger partial charge in [-0.15, -0.1) is 0 Å². The van der Waals surface area contributed by atoms with Crippen LogP contribution in [0.2, 0.25) is 0 Å². The van der Waals surface area contributed by atoms with Crippen LogP contribution in [0.15, 0.2) is 53.3 Å². The van der Waals surface area contributed by atoms with Crippen molar-refractivity contribution < 1.29 is 19.4 Å². The summed E-state index contributed by atoms with van der Waals surface area (Å²) in [6.45, 7) is 4.25. The molecule has 0 unspecified atom stereocenters. The monoisotopic (exact) mass is 394 g/mol. The van der Waals surface area contributed by atoms with Crippen molar-refractivity contribution in [3.05, 3.63) is 70.0 Å². The van der Waals surface area contributed by atoms with Gasteiger partial charge in [0.1, 0.15) is 11.3 Å². The summed E-state index contributed by atoms with van der Waals surface area (Å²) in [5.74, 6) is -1.76. The van der Waals surface area contributed by atoms with Gasteiger partial charge in [0.15, 0.2) is 0 Å². The van der Waals surface area contributed by atoms with Gasteiger partial charge in [-0.1, -0.05) is 31.2 Å². The summed E-state index contributed by atoms with van der Waals surface area (Å²) in [5, 5.41) is 13.6. The molecule has 3 aromatic rings. The third-order valence-corrected chi connectivity index (χ3v) is 4.52. The molecule has 0 bridgehead atoms. The van der Waals surface area contributed by atoms with Gasteiger partial charge in [-0.3, -0.25) is 9.59 Å². The number of esters is 1. The summed E-state index contributed by atoms with van der Waals surface area (Å²) in [6.07, 6.45) is 0.668. The lowest BCUT2D eigenvalue weighted by molar-refractivity contribution is 0.0506. The minimum absolute atomic E-state index is 0.172. The number of carbonyl (C=O) groups excluding carboxylic acids is 2. The number of anilines is 1. The Labute approximate surface area is 167 Å². The molecule has 2 aromatic carbocycles. The molecule has 0 saturated carbocycles. The maximum Gasteiger partial charge on any atom is 0.340 e. The van der Waals surface area contributed by atoms with Crippen molar-refractivity contribution in [2.75, 3.05) is 11.9 Å². The van der Waals surface area contributed by atoms with Gasteiger partial charge in [-0.05, 0) is 37.6 Å². The molecule has 2 N–H and O–H groups in total. The first-order chi connectivity index (χ1) is 14.0. The average Bonchev–Trinajstić information content (AvgIpc) is 2.73. The highest BCUT2D eigenvalue weighted by molar-refractivity contribution is 6.11. The Morgan fingerprint density at radius 1 is 1.07 bits per heavy atom. The van der Waals surface area contributed by atoms with Crippen molar-refractivity contribution >= 4 is 28.5 Å². The van der Waals surface area contributed by atoms with Crippen LogP contribution in [0.25, 0.3) is 10.9 Å². The predicted octanol–water partition coefficient (Wildman–Crippen LogP) is 3.55. The van der Waals surface area contributed by atoms with E-state index in [4.69, 9.17) is 4.74 Å². The molecule has 0 aliphatic rings. The molecular weight excluding hydrogens is 372 g/mol. The van der Waals surface area contributed by atoms with Crippen molar-refractivity contribution in [1.82, 2.24) is 4.57 Å². The number of aromatic nitrogens is 1. The zero-order valence-electron chi connectivity index (χ0n) is 16.3. The molecule has 0 spiro atoms. The van der Waals surface area contributed by atoms with Crippen LogP contribution in [0.3, 0.4) is 0 Å². The molecule has 7 heteroatoms. The van der Waals surface area contributed by atoms with Crippen LogP contribution < -0.4 is 10.9 Å². The Bertz CT molecular complexity index is 1130. The number of hydrogen-bond donors (Lipinski definition) is 2. The Hall–Kier alpha value is -3.61. The van der Waals surface area contributed by atoms with Crippen molar-refractivity contribution in [1.29, 1.82) is 0 Å². The molecule has 1 heterocycles. The average molecular weight is 394 g/mol. The maximum absolute atomic E-state index is 12.9. The van der Waals surface area contributed by atoms with E-state index in [0.29, 0.717) is 23.9 Å². The van der Waals surface area contributed by atoms with Gasteiger partial charge in [-0.25, -0.2) is 4.79 Å². The number of pyridine rings is 1. The van der Waals surface area contributed by atoms with Crippen LogP contribution in [-0.2, 0) is 11.3 Å². The Morgan fingerprint density at radius 3 is 2.48 bits per heavy atom. The molecule has 150 valence electrons. The first-order valence-electron chi connectivity index (χ1n) is 9.41. The van der Waals surface area contributed by atoms with E-state index >= 15 is 0 Å². The summed E-state index contributed by atoms with van der Waals surface area (Å²) >= 11 is 0. The number of ether oxygens (including phenoxy) is 1. The number of amides is 1. The number of hydrogen-bond acceptors (Lipinski definition) is 5. The fourth-order valence-corrected chi connectivity index (χ4v) is 3.14. The number of para-hydroxylation sites is 2. The standard InChI is InChI=1S/C22H22N2O5/c1-3-13-29-22(28)14-9-5-7-11-16(14)23-20(26)18-19(25)15-10-6-8-12-17(15)24(4-2)21(18)27/h5-12,25H,3-4,13H2,1-2H3,(H,23,26). The van der Waals surface area contributed by atoms with E-state index in [1.54, 1.807) is 43.3 Å². The number of aromatic hydroxyl groups is 1. The van der Waals surface area contributed by atoms with Crippen molar-refractivity contribution in [3.8, 4) is 5.75 Å². The highest BCUT2D eigenvalue weighted by Crippen LogP contribution is 2.27. The molecule has 0 saturated heterocycles. The molecule has 1 aromatic heterocycles. The van der Waals surface area contributed by atoms with E-state index in [9.17, 15) is 19.5 Å². The first-order valence-corrected chi connectivity index (χ1v) is 9.41. The second-order valence-electron chi connectivity index (χ2n) is 6.43. The minimum Gasteiger partial charge on any atom is -0.506 e. The van der Waals surface area contributed by atoms with E-state index in [-0.39, 0.29) is 29.2 Å². The molecule has 0 fully saturated rings. The highest BCUT2D eigenvalue weighted by atomic mass is 16.5. The van der Waals surface area contributed by atoms with Crippen molar-refractivity contribution in [2.45, 2.75) is 26.8 Å². The number of rotatable bonds is 6. The van der Waals surface area contributed by atoms with Gasteiger partial charge < -0.3 is 19.7 Å². The summed E-state index contributed by atoms with van der Waals surface area (Å²) in [4.78, 5) is 38.1. The zero-order chi connectivity index (χ0) is 21.0. The van der Waals surface area contributed by atoms with Gasteiger partial charge in [0, 0.05) is 11.9 Å². The van der Waals surface area contributed by atoms with E-state index < -0.39 is 17.4 Å². The van der Waals surface area contributed by atoms with Crippen LogP contribution in [0.5, 0.6) is 5.75 Å². The van der Waals surface area contributed by atoms with Gasteiger partial charge in [0.25, 0.3) is 11.5 Å². The van der Waals surface area contributed by atoms with Gasteiger partial charge in [-0.2, -0.15) is 0 Å². The SMILES string of the molecule is CCCOC(=O)c1ccccc1NC(=O)c1c(O)c2ccccc2n(CC)c1=O. The van der Waals surface area contributed by atoms with Crippen LogP contribution in [-0.4, -0.2) is 28.2 Å². The smallest absolute Gasteiger partial charge is 0.340 e. The lowest BCUT2D eigenvalue weighted by atomic mass is 10.1. The second kappa shape index (κ2) is 8.60. The number of fused-ring (bicyclic) bond motifs is 1. The number of nitrogens with one attached hydrogen (secondary N) is 1. The molecule has 1 amide bonds. The van der Waals surface area contributed by atoms with Gasteiger partial charge >= 0.3 is 5.97 Å². The van der Waals surface area contributed by atoms with Crippen LogP contribution in [0.1, 0.15) is 41.0 Å². The van der Waals surface area contributed by atoms with E-state index in [0.717, 1.165) is 0 Å². The van der Waals surface area contributed by atoms with Crippen LogP contribution >= 0.6 is 0 Å². The molecular formula is C22H22N2O5. The first kappa shape index (κ1) is 20.1. The largest absolute Gasteiger partial charge is 0.506 e. The van der Waals surface area contributed by atoms with Crippen molar-refractivity contribution in [3.63, 3.8) is 0 Å². The molecule has 3 rings (SSSR count). The lowest BCUT2D eigenvalue weighted by Crippen LogP contribution is -2.29. The van der Waals surface area contributed by atoms with Crippen LogP contribution in [0.4, 0.5) is 5.69 Å². The molecule has 0 aliphatic carbocycles. The van der Waals surface area contributed by atoms with Gasteiger partial charge in [0.2, 0.25) is 0 Å². The molecule has 0 atom stereocenters. The number of aryl methyl sites for hydroxylation is 1. The normalized spacial score (nSPS) is 10.7. The Balaban J connectivity index is 2.04. The number of nitrogens with zero attached hydrogens (tertiary/aromatic N) is 1. The van der Waals surface area contributed by atoms with E-state index in [2.05, 4.69) is 5.32 Å². The number of benzene rings is 2. The molecule has 0 radical (unpaired) electrons. The molecule has 7 nitrogen and oxygen atoms in total. The number of carbonyl (C=O) groups is 2. The summed E-state index contributed by atoms with van der Waals surface area (Å²) in [7, 11) is 0. The van der Waals surface area contributed by atoms with Gasteiger partial charge in [0.05, 0.1) is 23.4 Å². The fourth-order valence-electron chi connectivity index (χ4n) is 3.14. The van der Waals surface area contributed by atoms with E-state index in [1.165, 1.54) is 16.7 Å². The third-order valence-electron chi connectivity index (χ3n) is 4.52. The molecule has 29 heavy (non-hydrogen) atoms. The maximum atomic E-state index is 12.9.